The topological polar surface area (TPSA) is 0 Å². The van der Waals surface area contributed by atoms with Crippen LogP contribution in [0.3, 0.4) is 0 Å². The lowest BCUT2D eigenvalue weighted by Crippen LogP contribution is -1.98. The fraction of sp³-hybridized carbons (Fsp3) is 0.571. The van der Waals surface area contributed by atoms with Gasteiger partial charge in [0.2, 0.25) is 0 Å². The lowest BCUT2D eigenvalue weighted by Gasteiger charge is -2.06. The van der Waals surface area contributed by atoms with Crippen molar-refractivity contribution in [3.63, 3.8) is 0 Å². The third-order valence-electron chi connectivity index (χ3n) is 2.75. The van der Waals surface area contributed by atoms with Crippen molar-refractivity contribution in [2.24, 2.45) is 0 Å². The Hall–Kier alpha value is -0.490. The van der Waals surface area contributed by atoms with Gasteiger partial charge in [-0.1, -0.05) is 44.5 Å². The summed E-state index contributed by atoms with van der Waals surface area (Å²) in [6.45, 7) is 4.36. The molecule has 1 atom stereocenters. The van der Waals surface area contributed by atoms with E-state index in [1.165, 1.54) is 24.0 Å². The Balaban J connectivity index is 2.42. The molecular weight excluding hydrogens is 204 g/mol. The average Bonchev–Trinajstić information content (AvgIpc) is 2.28. The van der Waals surface area contributed by atoms with E-state index in [0.717, 1.165) is 19.3 Å². The maximum Gasteiger partial charge on any atom is 0.0336 e. The Bertz CT molecular complexity index is 263. The molecule has 0 fully saturated rings. The fourth-order valence-electron chi connectivity index (χ4n) is 1.69. The van der Waals surface area contributed by atoms with Gasteiger partial charge in [0.05, 0.1) is 0 Å². The number of halogens is 1. The highest BCUT2D eigenvalue weighted by Gasteiger charge is 2.01. The van der Waals surface area contributed by atoms with Crippen LogP contribution in [-0.2, 0) is 12.8 Å². The first-order chi connectivity index (χ1) is 7.26. The van der Waals surface area contributed by atoms with Crippen molar-refractivity contribution in [1.82, 2.24) is 0 Å². The number of hydrogen-bond acceptors (Lipinski definition) is 0. The molecular formula is C14H21Cl. The minimum Gasteiger partial charge on any atom is -0.123 e. The van der Waals surface area contributed by atoms with Crippen LogP contribution >= 0.6 is 11.6 Å². The van der Waals surface area contributed by atoms with Crippen LogP contribution in [0.5, 0.6) is 0 Å². The highest BCUT2D eigenvalue weighted by atomic mass is 35.5. The van der Waals surface area contributed by atoms with Gasteiger partial charge in [-0.05, 0) is 36.8 Å². The van der Waals surface area contributed by atoms with Gasteiger partial charge in [0.15, 0.2) is 0 Å². The molecule has 0 aromatic heterocycles. The fourth-order valence-corrected chi connectivity index (χ4v) is 1.80. The molecule has 0 saturated carbocycles. The first-order valence-corrected chi connectivity index (χ1v) is 6.41. The summed E-state index contributed by atoms with van der Waals surface area (Å²) in [6.07, 6.45) is 5.67. The summed E-state index contributed by atoms with van der Waals surface area (Å²) < 4.78 is 0. The third-order valence-corrected chi connectivity index (χ3v) is 3.28. The molecule has 0 aliphatic carbocycles. The van der Waals surface area contributed by atoms with E-state index in [1.54, 1.807) is 0 Å². The molecule has 15 heavy (non-hydrogen) atoms. The maximum absolute atomic E-state index is 6.10. The summed E-state index contributed by atoms with van der Waals surface area (Å²) in [5.74, 6) is 0. The largest absolute Gasteiger partial charge is 0.123 e. The Morgan fingerprint density at radius 2 is 1.53 bits per heavy atom. The lowest BCUT2D eigenvalue weighted by atomic mass is 10.0. The minimum atomic E-state index is 0.334. The van der Waals surface area contributed by atoms with Crippen LogP contribution in [0.4, 0.5) is 0 Å². The van der Waals surface area contributed by atoms with Gasteiger partial charge in [-0.25, -0.2) is 0 Å². The van der Waals surface area contributed by atoms with Crippen LogP contribution in [0.2, 0.25) is 0 Å². The molecule has 1 rings (SSSR count). The quantitative estimate of drug-likeness (QED) is 0.620. The Morgan fingerprint density at radius 1 is 1.00 bits per heavy atom. The van der Waals surface area contributed by atoms with E-state index in [-0.39, 0.29) is 0 Å². The van der Waals surface area contributed by atoms with Crippen LogP contribution in [0.1, 0.15) is 44.2 Å². The van der Waals surface area contributed by atoms with Gasteiger partial charge in [-0.3, -0.25) is 0 Å². The third kappa shape index (κ3) is 4.70. The van der Waals surface area contributed by atoms with Gasteiger partial charge in [-0.15, -0.1) is 11.6 Å². The Labute approximate surface area is 98.7 Å². The smallest absolute Gasteiger partial charge is 0.0336 e. The molecule has 0 N–H and O–H groups in total. The van der Waals surface area contributed by atoms with Crippen molar-refractivity contribution in [3.05, 3.63) is 35.4 Å². The van der Waals surface area contributed by atoms with Gasteiger partial charge < -0.3 is 0 Å². The van der Waals surface area contributed by atoms with Crippen LogP contribution in [0.25, 0.3) is 0 Å². The van der Waals surface area contributed by atoms with Gasteiger partial charge in [0.1, 0.15) is 0 Å². The summed E-state index contributed by atoms with van der Waals surface area (Å²) >= 11 is 6.10. The second-order valence-corrected chi connectivity index (χ2v) is 4.73. The lowest BCUT2D eigenvalue weighted by molar-refractivity contribution is 0.726. The predicted octanol–water partition coefficient (Wildman–Crippen LogP) is 4.59. The standard InChI is InChI=1S/C14H21Cl/c1-3-5-12-6-8-13(9-7-12)10-11-14(15)4-2/h6-9,14H,3-5,10-11H2,1-2H3. The highest BCUT2D eigenvalue weighted by Crippen LogP contribution is 2.13. The van der Waals surface area contributed by atoms with E-state index < -0.39 is 0 Å². The van der Waals surface area contributed by atoms with E-state index in [1.807, 2.05) is 0 Å². The van der Waals surface area contributed by atoms with E-state index in [2.05, 4.69) is 38.1 Å². The Kier molecular flexibility index (Phi) is 5.78. The van der Waals surface area contributed by atoms with Gasteiger partial charge in [-0.2, -0.15) is 0 Å². The first-order valence-electron chi connectivity index (χ1n) is 5.98. The summed E-state index contributed by atoms with van der Waals surface area (Å²) in [4.78, 5) is 0. The molecule has 0 radical (unpaired) electrons. The second kappa shape index (κ2) is 6.90. The van der Waals surface area contributed by atoms with Crippen molar-refractivity contribution in [2.45, 2.75) is 51.3 Å². The van der Waals surface area contributed by atoms with E-state index in [9.17, 15) is 0 Å². The van der Waals surface area contributed by atoms with Gasteiger partial charge in [0, 0.05) is 5.38 Å². The monoisotopic (exact) mass is 224 g/mol. The van der Waals surface area contributed by atoms with Gasteiger partial charge >= 0.3 is 0 Å². The number of rotatable bonds is 6. The number of aryl methyl sites for hydroxylation is 2. The van der Waals surface area contributed by atoms with Crippen molar-refractivity contribution < 1.29 is 0 Å². The SMILES string of the molecule is CCCc1ccc(CCC(Cl)CC)cc1. The molecule has 1 heteroatoms. The molecule has 84 valence electrons. The first kappa shape index (κ1) is 12.6. The van der Waals surface area contributed by atoms with Crippen LogP contribution in [0.15, 0.2) is 24.3 Å². The van der Waals surface area contributed by atoms with Gasteiger partial charge in [0.25, 0.3) is 0 Å². The zero-order valence-electron chi connectivity index (χ0n) is 9.80. The minimum absolute atomic E-state index is 0.334. The molecule has 0 nitrogen and oxygen atoms in total. The van der Waals surface area contributed by atoms with Crippen molar-refractivity contribution in [3.8, 4) is 0 Å². The summed E-state index contributed by atoms with van der Waals surface area (Å²) in [7, 11) is 0. The number of benzene rings is 1. The molecule has 0 heterocycles. The summed E-state index contributed by atoms with van der Waals surface area (Å²) in [5.41, 5.74) is 2.85. The van der Waals surface area contributed by atoms with Crippen LogP contribution in [-0.4, -0.2) is 5.38 Å². The molecule has 0 spiro atoms. The summed E-state index contributed by atoms with van der Waals surface area (Å²) in [6, 6.07) is 8.97. The molecule has 1 unspecified atom stereocenters. The highest BCUT2D eigenvalue weighted by molar-refractivity contribution is 6.20. The molecule has 0 saturated heterocycles. The maximum atomic E-state index is 6.10. The average molecular weight is 225 g/mol. The molecule has 1 aromatic rings. The summed E-state index contributed by atoms with van der Waals surface area (Å²) in [5, 5.41) is 0.334. The van der Waals surface area contributed by atoms with E-state index in [0.29, 0.717) is 5.38 Å². The zero-order chi connectivity index (χ0) is 11.1. The molecule has 0 aliphatic rings. The molecule has 0 aliphatic heterocycles. The normalized spacial score (nSPS) is 12.7. The van der Waals surface area contributed by atoms with E-state index >= 15 is 0 Å². The Morgan fingerprint density at radius 3 is 2.00 bits per heavy atom. The molecule has 0 bridgehead atoms. The van der Waals surface area contributed by atoms with Crippen molar-refractivity contribution in [2.75, 3.05) is 0 Å². The number of alkyl halides is 1. The molecule has 0 amide bonds. The van der Waals surface area contributed by atoms with Crippen LogP contribution < -0.4 is 0 Å². The second-order valence-electron chi connectivity index (χ2n) is 4.11. The molecule has 1 aromatic carbocycles. The zero-order valence-corrected chi connectivity index (χ0v) is 10.6. The van der Waals surface area contributed by atoms with E-state index in [4.69, 9.17) is 11.6 Å². The predicted molar refractivity (Wildman–Crippen MR) is 68.7 cm³/mol. The van der Waals surface area contributed by atoms with Crippen LogP contribution in [0, 0.1) is 0 Å². The number of hydrogen-bond donors (Lipinski definition) is 0. The van der Waals surface area contributed by atoms with Crippen molar-refractivity contribution >= 4 is 11.6 Å². The van der Waals surface area contributed by atoms with Crippen molar-refractivity contribution in [1.29, 1.82) is 0 Å².